The van der Waals surface area contributed by atoms with E-state index in [-0.39, 0.29) is 18.0 Å². The number of rotatable bonds is 3. The van der Waals surface area contributed by atoms with Crippen LogP contribution in [0.5, 0.6) is 0 Å². The molecule has 1 aliphatic carbocycles. The van der Waals surface area contributed by atoms with Crippen LogP contribution < -0.4 is 0 Å². The van der Waals surface area contributed by atoms with E-state index in [4.69, 9.17) is 5.11 Å². The van der Waals surface area contributed by atoms with Gasteiger partial charge in [-0.1, -0.05) is 19.4 Å². The van der Waals surface area contributed by atoms with Crippen LogP contribution in [0.3, 0.4) is 0 Å². The van der Waals surface area contributed by atoms with Crippen LogP contribution in [0.2, 0.25) is 0 Å². The summed E-state index contributed by atoms with van der Waals surface area (Å²) in [6.07, 6.45) is 4.33. The number of aliphatic hydroxyl groups excluding tert-OH is 1. The van der Waals surface area contributed by atoms with Gasteiger partial charge < -0.3 is 9.84 Å². The van der Waals surface area contributed by atoms with Crippen LogP contribution in [-0.4, -0.2) is 24.8 Å². The van der Waals surface area contributed by atoms with Gasteiger partial charge in [0.25, 0.3) is 0 Å². The van der Waals surface area contributed by atoms with Crippen molar-refractivity contribution in [2.24, 2.45) is 11.3 Å². The zero-order valence-electron chi connectivity index (χ0n) is 9.75. The van der Waals surface area contributed by atoms with E-state index in [0.29, 0.717) is 5.92 Å². The molecule has 0 aromatic heterocycles. The summed E-state index contributed by atoms with van der Waals surface area (Å²) in [5.74, 6) is 0.0206. The van der Waals surface area contributed by atoms with E-state index in [2.05, 4.69) is 18.6 Å². The molecule has 1 N–H and O–H groups in total. The summed E-state index contributed by atoms with van der Waals surface area (Å²) in [6, 6.07) is 0. The van der Waals surface area contributed by atoms with E-state index in [1.165, 1.54) is 7.11 Å². The second kappa shape index (κ2) is 4.79. The summed E-state index contributed by atoms with van der Waals surface area (Å²) in [5.41, 5.74) is 1.31. The van der Waals surface area contributed by atoms with Crippen LogP contribution in [0.15, 0.2) is 11.6 Å². The molecule has 0 unspecified atom stereocenters. The molecule has 0 bridgehead atoms. The van der Waals surface area contributed by atoms with Gasteiger partial charge in [0.1, 0.15) is 0 Å². The Morgan fingerprint density at radius 2 is 2.33 bits per heavy atom. The fraction of sp³-hybridized carbons (Fsp3) is 0.750. The molecule has 0 saturated heterocycles. The predicted molar refractivity (Wildman–Crippen MR) is 58.3 cm³/mol. The molecule has 0 aromatic carbocycles. The Hall–Kier alpha value is -0.830. The van der Waals surface area contributed by atoms with E-state index in [1.54, 1.807) is 6.08 Å². The number of esters is 1. The lowest BCUT2D eigenvalue weighted by Gasteiger charge is -2.26. The molecule has 0 spiro atoms. The van der Waals surface area contributed by atoms with Crippen molar-refractivity contribution in [1.82, 2.24) is 0 Å². The van der Waals surface area contributed by atoms with E-state index < -0.39 is 0 Å². The maximum atomic E-state index is 11.2. The molecule has 1 rings (SSSR count). The zero-order chi connectivity index (χ0) is 11.5. The Kier molecular flexibility index (Phi) is 3.91. The van der Waals surface area contributed by atoms with E-state index in [1.807, 2.05) is 0 Å². The molecule has 86 valence electrons. The number of hydrogen-bond acceptors (Lipinski definition) is 3. The third-order valence-electron chi connectivity index (χ3n) is 3.37. The number of allylic oxidation sites excluding steroid dienone is 1. The van der Waals surface area contributed by atoms with Crippen LogP contribution in [0.1, 0.15) is 33.1 Å². The lowest BCUT2D eigenvalue weighted by Crippen LogP contribution is -2.20. The highest BCUT2D eigenvalue weighted by molar-refractivity contribution is 5.82. The molecule has 1 aliphatic rings. The van der Waals surface area contributed by atoms with Gasteiger partial charge in [-0.25, -0.2) is 4.79 Å². The Labute approximate surface area is 91.1 Å². The molecule has 3 heteroatoms. The van der Waals surface area contributed by atoms with Crippen molar-refractivity contribution < 1.29 is 14.6 Å². The van der Waals surface area contributed by atoms with Crippen molar-refractivity contribution >= 4 is 5.97 Å². The average molecular weight is 212 g/mol. The van der Waals surface area contributed by atoms with E-state index >= 15 is 0 Å². The third kappa shape index (κ3) is 2.81. The molecule has 1 saturated carbocycles. The van der Waals surface area contributed by atoms with Gasteiger partial charge in [0, 0.05) is 12.7 Å². The van der Waals surface area contributed by atoms with Gasteiger partial charge in [-0.2, -0.15) is 0 Å². The van der Waals surface area contributed by atoms with Crippen LogP contribution in [0.4, 0.5) is 0 Å². The van der Waals surface area contributed by atoms with Crippen molar-refractivity contribution in [1.29, 1.82) is 0 Å². The molecule has 3 nitrogen and oxygen atoms in total. The van der Waals surface area contributed by atoms with Crippen molar-refractivity contribution in [2.45, 2.75) is 33.1 Å². The van der Waals surface area contributed by atoms with E-state index in [0.717, 1.165) is 24.8 Å². The molecule has 0 amide bonds. The first-order valence-electron chi connectivity index (χ1n) is 5.40. The summed E-state index contributed by atoms with van der Waals surface area (Å²) < 4.78 is 4.63. The first-order valence-corrected chi connectivity index (χ1v) is 5.40. The molecular weight excluding hydrogens is 192 g/mol. The van der Waals surface area contributed by atoms with Gasteiger partial charge in [0.2, 0.25) is 0 Å². The van der Waals surface area contributed by atoms with Crippen molar-refractivity contribution in [3.63, 3.8) is 0 Å². The lowest BCUT2D eigenvalue weighted by molar-refractivity contribution is -0.134. The molecular formula is C12H20O3. The second-order valence-corrected chi connectivity index (χ2v) is 4.80. The average Bonchev–Trinajstić information content (AvgIpc) is 2.45. The Balaban J connectivity index is 2.82. The van der Waals surface area contributed by atoms with Crippen LogP contribution in [0.25, 0.3) is 0 Å². The Bertz CT molecular complexity index is 266. The number of methoxy groups -OCH3 is 1. The number of carbonyl (C=O) groups excluding carboxylic acids is 1. The summed E-state index contributed by atoms with van der Waals surface area (Å²) in [5, 5.41) is 9.02. The highest BCUT2D eigenvalue weighted by Gasteiger charge is 2.37. The minimum atomic E-state index is -0.286. The highest BCUT2D eigenvalue weighted by atomic mass is 16.5. The number of hydrogen-bond donors (Lipinski definition) is 1. The first-order chi connectivity index (χ1) is 7.01. The fourth-order valence-electron chi connectivity index (χ4n) is 2.41. The van der Waals surface area contributed by atoms with Crippen LogP contribution in [-0.2, 0) is 9.53 Å². The summed E-state index contributed by atoms with van der Waals surface area (Å²) in [7, 11) is 1.39. The number of aliphatic hydroxyl groups is 1. The zero-order valence-corrected chi connectivity index (χ0v) is 9.75. The number of ether oxygens (including phenoxy) is 1. The standard InChI is InChI=1S/C12H20O3/c1-12(2)6-4-9(8-11(14)15-3)10(12)5-7-13/h8,10,13H,4-7H2,1-3H3/b9-8-/t10-/m1/s1. The van der Waals surface area contributed by atoms with Gasteiger partial charge in [-0.05, 0) is 30.6 Å². The first kappa shape index (κ1) is 12.2. The van der Waals surface area contributed by atoms with Crippen LogP contribution in [0, 0.1) is 11.3 Å². The normalized spacial score (nSPS) is 26.9. The molecule has 0 aromatic rings. The predicted octanol–water partition coefficient (Wildman–Crippen LogP) is 1.90. The van der Waals surface area contributed by atoms with Gasteiger partial charge in [0.05, 0.1) is 7.11 Å². The monoisotopic (exact) mass is 212 g/mol. The largest absolute Gasteiger partial charge is 0.466 e. The molecule has 0 radical (unpaired) electrons. The smallest absolute Gasteiger partial charge is 0.330 e. The van der Waals surface area contributed by atoms with Gasteiger partial charge >= 0.3 is 5.97 Å². The van der Waals surface area contributed by atoms with Gasteiger partial charge in [0.15, 0.2) is 0 Å². The topological polar surface area (TPSA) is 46.5 Å². The summed E-state index contributed by atoms with van der Waals surface area (Å²) >= 11 is 0. The molecule has 1 atom stereocenters. The third-order valence-corrected chi connectivity index (χ3v) is 3.37. The van der Waals surface area contributed by atoms with Gasteiger partial charge in [-0.15, -0.1) is 0 Å². The molecule has 1 fully saturated rings. The fourth-order valence-corrected chi connectivity index (χ4v) is 2.41. The summed E-state index contributed by atoms with van der Waals surface area (Å²) in [6.45, 7) is 4.55. The Morgan fingerprint density at radius 3 is 2.87 bits per heavy atom. The summed E-state index contributed by atoms with van der Waals surface area (Å²) in [4.78, 5) is 11.2. The minimum Gasteiger partial charge on any atom is -0.466 e. The molecule has 0 heterocycles. The van der Waals surface area contributed by atoms with Gasteiger partial charge in [-0.3, -0.25) is 0 Å². The molecule has 15 heavy (non-hydrogen) atoms. The maximum Gasteiger partial charge on any atom is 0.330 e. The minimum absolute atomic E-state index is 0.173. The second-order valence-electron chi connectivity index (χ2n) is 4.80. The van der Waals surface area contributed by atoms with Crippen LogP contribution >= 0.6 is 0 Å². The van der Waals surface area contributed by atoms with Crippen molar-refractivity contribution in [2.75, 3.05) is 13.7 Å². The quantitative estimate of drug-likeness (QED) is 0.574. The molecule has 0 aliphatic heterocycles. The highest BCUT2D eigenvalue weighted by Crippen LogP contribution is 2.47. The Morgan fingerprint density at radius 1 is 1.67 bits per heavy atom. The SMILES string of the molecule is COC(=O)/C=C1/CCC(C)(C)[C@@H]1CCO. The van der Waals surface area contributed by atoms with Crippen molar-refractivity contribution in [3.05, 3.63) is 11.6 Å². The van der Waals surface area contributed by atoms with E-state index in [9.17, 15) is 4.79 Å². The lowest BCUT2D eigenvalue weighted by atomic mass is 9.79. The number of carbonyl (C=O) groups is 1. The van der Waals surface area contributed by atoms with Crippen molar-refractivity contribution in [3.8, 4) is 0 Å². The maximum absolute atomic E-state index is 11.2.